The quantitative estimate of drug-likeness (QED) is 0.563. The molecule has 0 N–H and O–H groups in total. The molecule has 0 aliphatic carbocycles. The number of carbonyl (C=O) groups is 1. The normalized spacial score (nSPS) is 11.2. The zero-order chi connectivity index (χ0) is 11.5. The van der Waals surface area contributed by atoms with Gasteiger partial charge in [-0.25, -0.2) is 0 Å². The van der Waals surface area contributed by atoms with Gasteiger partial charge in [-0.05, 0) is 45.4 Å². The molecule has 0 saturated heterocycles. The minimum atomic E-state index is -0.384. The summed E-state index contributed by atoms with van der Waals surface area (Å²) >= 11 is 0. The van der Waals surface area contributed by atoms with E-state index in [9.17, 15) is 4.79 Å². The van der Waals surface area contributed by atoms with Crippen molar-refractivity contribution in [1.29, 1.82) is 0 Å². The zero-order valence-corrected chi connectivity index (χ0v) is 9.65. The van der Waals surface area contributed by atoms with Gasteiger partial charge in [0.25, 0.3) is 0 Å². The van der Waals surface area contributed by atoms with Crippen molar-refractivity contribution in [1.82, 2.24) is 0 Å². The summed E-state index contributed by atoms with van der Waals surface area (Å²) in [6.07, 6.45) is 0.681. The lowest BCUT2D eigenvalue weighted by Crippen LogP contribution is -2.33. The predicted octanol–water partition coefficient (Wildman–Crippen LogP) is 2.69. The summed E-state index contributed by atoms with van der Waals surface area (Å²) in [7, 11) is 0. The summed E-state index contributed by atoms with van der Waals surface area (Å²) in [5.41, 5.74) is 1.46. The van der Waals surface area contributed by atoms with Gasteiger partial charge in [0.15, 0.2) is 0 Å². The molecule has 0 atom stereocenters. The maximum absolute atomic E-state index is 10.9. The first-order chi connectivity index (χ1) is 6.92. The average molecular weight is 207 g/mol. The molecule has 0 spiro atoms. The van der Waals surface area contributed by atoms with Crippen molar-refractivity contribution < 1.29 is 9.63 Å². The largest absolute Gasteiger partial charge is 0.276 e. The number of benzene rings is 1. The van der Waals surface area contributed by atoms with Crippen molar-refractivity contribution in [2.45, 2.75) is 33.3 Å². The van der Waals surface area contributed by atoms with Gasteiger partial charge in [0.05, 0.1) is 11.3 Å². The van der Waals surface area contributed by atoms with Gasteiger partial charge >= 0.3 is 0 Å². The van der Waals surface area contributed by atoms with E-state index in [0.717, 1.165) is 11.3 Å². The molecule has 0 aromatic heterocycles. The molecule has 82 valence electrons. The van der Waals surface area contributed by atoms with Crippen molar-refractivity contribution in [2.24, 2.45) is 0 Å². The Morgan fingerprint density at radius 2 is 2.00 bits per heavy atom. The van der Waals surface area contributed by atoms with E-state index >= 15 is 0 Å². The SMILES string of the molecule is Cc1cccc(N(C=O)OC(C)(C)C)c1. The molecular formula is C12H17NO2. The molecule has 1 rings (SSSR count). The first-order valence-electron chi connectivity index (χ1n) is 4.93. The highest BCUT2D eigenvalue weighted by atomic mass is 16.7. The van der Waals surface area contributed by atoms with E-state index in [1.807, 2.05) is 52.0 Å². The van der Waals surface area contributed by atoms with E-state index in [1.165, 1.54) is 5.06 Å². The molecule has 0 radical (unpaired) electrons. The molecule has 0 heterocycles. The highest BCUT2D eigenvalue weighted by Crippen LogP contribution is 2.19. The molecule has 0 saturated carbocycles. The van der Waals surface area contributed by atoms with Crippen LogP contribution in [0.15, 0.2) is 24.3 Å². The Bertz CT molecular complexity index is 342. The van der Waals surface area contributed by atoms with Crippen molar-refractivity contribution in [2.75, 3.05) is 5.06 Å². The fourth-order valence-corrected chi connectivity index (χ4v) is 1.20. The topological polar surface area (TPSA) is 29.5 Å². The summed E-state index contributed by atoms with van der Waals surface area (Å²) in [6.45, 7) is 7.68. The summed E-state index contributed by atoms with van der Waals surface area (Å²) in [4.78, 5) is 16.4. The molecule has 0 bridgehead atoms. The molecule has 0 unspecified atom stereocenters. The molecule has 3 heteroatoms. The van der Waals surface area contributed by atoms with Crippen LogP contribution in [-0.2, 0) is 9.63 Å². The summed E-state index contributed by atoms with van der Waals surface area (Å²) in [5, 5.41) is 1.26. The molecule has 1 amide bonds. The standard InChI is InChI=1S/C12H17NO2/c1-10-6-5-7-11(8-10)13(9-14)15-12(2,3)4/h5-9H,1-4H3. The molecule has 0 aliphatic heterocycles. The number of nitrogens with zero attached hydrogens (tertiary/aromatic N) is 1. The number of anilines is 1. The lowest BCUT2D eigenvalue weighted by Gasteiger charge is -2.26. The van der Waals surface area contributed by atoms with Gasteiger partial charge < -0.3 is 0 Å². The number of amides is 1. The first kappa shape index (κ1) is 11.7. The number of rotatable bonds is 3. The van der Waals surface area contributed by atoms with Crippen LogP contribution in [0.5, 0.6) is 0 Å². The summed E-state index contributed by atoms with van der Waals surface area (Å²) < 4.78 is 0. The van der Waals surface area contributed by atoms with Crippen LogP contribution < -0.4 is 5.06 Å². The number of hydrogen-bond acceptors (Lipinski definition) is 2. The van der Waals surface area contributed by atoms with Crippen molar-refractivity contribution in [3.8, 4) is 0 Å². The third kappa shape index (κ3) is 3.72. The van der Waals surface area contributed by atoms with Gasteiger partial charge in [-0.1, -0.05) is 12.1 Å². The Labute approximate surface area is 90.6 Å². The summed E-state index contributed by atoms with van der Waals surface area (Å²) in [5.74, 6) is 0. The fraction of sp³-hybridized carbons (Fsp3) is 0.417. The maximum Gasteiger partial charge on any atom is 0.238 e. The maximum atomic E-state index is 10.9. The Hall–Kier alpha value is -1.35. The molecule has 1 aromatic rings. The van der Waals surface area contributed by atoms with Gasteiger partial charge in [-0.15, -0.1) is 0 Å². The first-order valence-corrected chi connectivity index (χ1v) is 4.93. The smallest absolute Gasteiger partial charge is 0.238 e. The minimum Gasteiger partial charge on any atom is -0.276 e. The Kier molecular flexibility index (Phi) is 3.48. The zero-order valence-electron chi connectivity index (χ0n) is 9.65. The van der Waals surface area contributed by atoms with Crippen LogP contribution in [0.3, 0.4) is 0 Å². The van der Waals surface area contributed by atoms with Crippen LogP contribution >= 0.6 is 0 Å². The van der Waals surface area contributed by atoms with E-state index in [2.05, 4.69) is 0 Å². The van der Waals surface area contributed by atoms with Gasteiger partial charge in [0.2, 0.25) is 6.41 Å². The van der Waals surface area contributed by atoms with Gasteiger partial charge in [0, 0.05) is 0 Å². The van der Waals surface area contributed by atoms with Crippen molar-refractivity contribution in [3.05, 3.63) is 29.8 Å². The number of carbonyl (C=O) groups excluding carboxylic acids is 1. The van der Waals surface area contributed by atoms with Crippen LogP contribution in [0.4, 0.5) is 5.69 Å². The Morgan fingerprint density at radius 3 is 2.47 bits per heavy atom. The van der Waals surface area contributed by atoms with Gasteiger partial charge in [-0.2, -0.15) is 5.06 Å². The van der Waals surface area contributed by atoms with Crippen LogP contribution in [0.2, 0.25) is 0 Å². The highest BCUT2D eigenvalue weighted by Gasteiger charge is 2.17. The highest BCUT2D eigenvalue weighted by molar-refractivity contribution is 5.72. The molecular weight excluding hydrogens is 190 g/mol. The second kappa shape index (κ2) is 4.45. The van der Waals surface area contributed by atoms with E-state index < -0.39 is 0 Å². The lowest BCUT2D eigenvalue weighted by atomic mass is 10.2. The lowest BCUT2D eigenvalue weighted by molar-refractivity contribution is -0.120. The number of hydroxylamine groups is 1. The van der Waals surface area contributed by atoms with E-state index in [1.54, 1.807) is 0 Å². The van der Waals surface area contributed by atoms with Crippen molar-refractivity contribution in [3.63, 3.8) is 0 Å². The Morgan fingerprint density at radius 1 is 1.33 bits per heavy atom. The monoisotopic (exact) mass is 207 g/mol. The third-order valence-corrected chi connectivity index (χ3v) is 1.72. The van der Waals surface area contributed by atoms with Crippen LogP contribution in [0.25, 0.3) is 0 Å². The number of aryl methyl sites for hydroxylation is 1. The molecule has 15 heavy (non-hydrogen) atoms. The molecule has 1 aromatic carbocycles. The Balaban J connectivity index is 2.88. The van der Waals surface area contributed by atoms with Crippen LogP contribution in [0.1, 0.15) is 26.3 Å². The second-order valence-corrected chi connectivity index (χ2v) is 4.47. The average Bonchev–Trinajstić information content (AvgIpc) is 2.13. The molecule has 3 nitrogen and oxygen atoms in total. The fourth-order valence-electron chi connectivity index (χ4n) is 1.20. The van der Waals surface area contributed by atoms with Crippen molar-refractivity contribution >= 4 is 12.1 Å². The van der Waals surface area contributed by atoms with Crippen LogP contribution in [-0.4, -0.2) is 12.0 Å². The molecule has 0 aliphatic rings. The van der Waals surface area contributed by atoms with E-state index in [-0.39, 0.29) is 5.60 Å². The summed E-state index contributed by atoms with van der Waals surface area (Å²) in [6, 6.07) is 7.62. The predicted molar refractivity (Wildman–Crippen MR) is 60.6 cm³/mol. The third-order valence-electron chi connectivity index (χ3n) is 1.72. The second-order valence-electron chi connectivity index (χ2n) is 4.47. The minimum absolute atomic E-state index is 0.384. The number of hydrogen-bond donors (Lipinski definition) is 0. The van der Waals surface area contributed by atoms with E-state index in [0.29, 0.717) is 6.41 Å². The molecule has 0 fully saturated rings. The van der Waals surface area contributed by atoms with Gasteiger partial charge in [0.1, 0.15) is 0 Å². The van der Waals surface area contributed by atoms with E-state index in [4.69, 9.17) is 4.84 Å². The van der Waals surface area contributed by atoms with Gasteiger partial charge in [-0.3, -0.25) is 9.63 Å². The van der Waals surface area contributed by atoms with Crippen LogP contribution in [0, 0.1) is 6.92 Å².